The van der Waals surface area contributed by atoms with Gasteiger partial charge in [0.1, 0.15) is 4.88 Å². The van der Waals surface area contributed by atoms with E-state index < -0.39 is 6.10 Å². The zero-order valence-electron chi connectivity index (χ0n) is 9.40. The highest BCUT2D eigenvalue weighted by Gasteiger charge is 2.11. The first kappa shape index (κ1) is 13.1. The van der Waals surface area contributed by atoms with E-state index in [1.54, 1.807) is 6.20 Å². The molecule has 1 aromatic rings. The van der Waals surface area contributed by atoms with Crippen molar-refractivity contribution in [2.75, 3.05) is 20.3 Å². The van der Waals surface area contributed by atoms with Crippen LogP contribution >= 0.6 is 11.3 Å². The molecule has 0 bridgehead atoms. The van der Waals surface area contributed by atoms with Gasteiger partial charge in [0.05, 0.1) is 23.9 Å². The molecule has 1 rings (SSSR count). The van der Waals surface area contributed by atoms with Gasteiger partial charge < -0.3 is 15.2 Å². The molecule has 0 saturated heterocycles. The lowest BCUT2D eigenvalue weighted by Gasteiger charge is -2.09. The molecule has 2 N–H and O–H groups in total. The molecule has 0 saturated carbocycles. The summed E-state index contributed by atoms with van der Waals surface area (Å²) in [5, 5.41) is 12.9. The summed E-state index contributed by atoms with van der Waals surface area (Å²) in [4.78, 5) is 16.3. The lowest BCUT2D eigenvalue weighted by Crippen LogP contribution is -2.33. The minimum atomic E-state index is -0.674. The number of nitrogens with one attached hydrogen (secondary N) is 1. The van der Waals surface area contributed by atoms with E-state index in [1.807, 2.05) is 6.92 Å². The molecule has 1 heterocycles. The van der Waals surface area contributed by atoms with Crippen LogP contribution in [-0.2, 0) is 11.2 Å². The van der Waals surface area contributed by atoms with E-state index in [4.69, 9.17) is 4.74 Å². The predicted octanol–water partition coefficient (Wildman–Crippen LogP) is 0.443. The van der Waals surface area contributed by atoms with Gasteiger partial charge in [-0.05, 0) is 6.42 Å². The van der Waals surface area contributed by atoms with Crippen molar-refractivity contribution in [2.24, 2.45) is 0 Å². The van der Waals surface area contributed by atoms with Crippen molar-refractivity contribution in [3.8, 4) is 0 Å². The minimum Gasteiger partial charge on any atom is -0.389 e. The monoisotopic (exact) mass is 244 g/mol. The fourth-order valence-electron chi connectivity index (χ4n) is 1.13. The van der Waals surface area contributed by atoms with Crippen LogP contribution in [0.5, 0.6) is 0 Å². The lowest BCUT2D eigenvalue weighted by molar-refractivity contribution is 0.0610. The average molecular weight is 244 g/mol. The molecule has 1 unspecified atom stereocenters. The van der Waals surface area contributed by atoms with Crippen molar-refractivity contribution in [2.45, 2.75) is 19.4 Å². The van der Waals surface area contributed by atoms with Crippen LogP contribution in [0.2, 0.25) is 0 Å². The van der Waals surface area contributed by atoms with Gasteiger partial charge in [0.15, 0.2) is 0 Å². The molecule has 1 atom stereocenters. The summed E-state index contributed by atoms with van der Waals surface area (Å²) in [6.07, 6.45) is 1.71. The smallest absolute Gasteiger partial charge is 0.263 e. The number of aliphatic hydroxyl groups excluding tert-OH is 1. The van der Waals surface area contributed by atoms with Crippen LogP contribution in [0.4, 0.5) is 0 Å². The van der Waals surface area contributed by atoms with Crippen molar-refractivity contribution in [1.29, 1.82) is 0 Å². The highest BCUT2D eigenvalue weighted by Crippen LogP contribution is 2.12. The molecular formula is C10H16N2O3S. The zero-order valence-corrected chi connectivity index (χ0v) is 10.2. The molecule has 0 fully saturated rings. The molecule has 0 aliphatic rings. The van der Waals surface area contributed by atoms with Crippen molar-refractivity contribution in [3.05, 3.63) is 16.1 Å². The Morgan fingerprint density at radius 3 is 3.06 bits per heavy atom. The minimum absolute atomic E-state index is 0.187. The van der Waals surface area contributed by atoms with Crippen molar-refractivity contribution in [3.63, 3.8) is 0 Å². The normalized spacial score (nSPS) is 12.4. The van der Waals surface area contributed by atoms with Crippen LogP contribution in [0.1, 0.15) is 21.6 Å². The molecule has 1 amide bonds. The number of amides is 1. The topological polar surface area (TPSA) is 71.5 Å². The molecule has 0 aliphatic carbocycles. The van der Waals surface area contributed by atoms with Crippen molar-refractivity contribution < 1.29 is 14.6 Å². The van der Waals surface area contributed by atoms with Gasteiger partial charge >= 0.3 is 0 Å². The molecule has 16 heavy (non-hydrogen) atoms. The van der Waals surface area contributed by atoms with E-state index in [2.05, 4.69) is 10.3 Å². The average Bonchev–Trinajstić information content (AvgIpc) is 2.75. The quantitative estimate of drug-likeness (QED) is 0.762. The summed E-state index contributed by atoms with van der Waals surface area (Å²) in [6, 6.07) is 0. The number of methoxy groups -OCH3 is 1. The third-order valence-electron chi connectivity index (χ3n) is 1.94. The van der Waals surface area contributed by atoms with E-state index in [0.29, 0.717) is 4.88 Å². The number of aliphatic hydroxyl groups is 1. The van der Waals surface area contributed by atoms with E-state index in [1.165, 1.54) is 18.4 Å². The second-order valence-corrected chi connectivity index (χ2v) is 4.41. The van der Waals surface area contributed by atoms with Crippen LogP contribution in [0.3, 0.4) is 0 Å². The summed E-state index contributed by atoms with van der Waals surface area (Å²) in [5.41, 5.74) is 0. The number of aryl methyl sites for hydroxylation is 1. The summed E-state index contributed by atoms with van der Waals surface area (Å²) in [7, 11) is 1.50. The lowest BCUT2D eigenvalue weighted by atomic mass is 10.3. The van der Waals surface area contributed by atoms with Crippen LogP contribution in [-0.4, -0.2) is 42.4 Å². The Morgan fingerprint density at radius 2 is 2.50 bits per heavy atom. The van der Waals surface area contributed by atoms with E-state index >= 15 is 0 Å². The van der Waals surface area contributed by atoms with Gasteiger partial charge in [0.2, 0.25) is 0 Å². The number of hydrogen-bond donors (Lipinski definition) is 2. The highest BCUT2D eigenvalue weighted by molar-refractivity contribution is 7.13. The molecule has 6 heteroatoms. The summed E-state index contributed by atoms with van der Waals surface area (Å²) in [5.74, 6) is -0.202. The second kappa shape index (κ2) is 6.57. The van der Waals surface area contributed by atoms with Gasteiger partial charge in [0, 0.05) is 13.7 Å². The molecule has 0 aliphatic heterocycles. The maximum absolute atomic E-state index is 11.6. The Balaban J connectivity index is 2.40. The van der Waals surface area contributed by atoms with E-state index in [0.717, 1.165) is 11.4 Å². The number of carbonyl (C=O) groups excluding carboxylic acids is 1. The highest BCUT2D eigenvalue weighted by atomic mass is 32.1. The molecule has 5 nitrogen and oxygen atoms in total. The van der Waals surface area contributed by atoms with Gasteiger partial charge in [-0.2, -0.15) is 0 Å². The van der Waals surface area contributed by atoms with Crippen LogP contribution in [0.15, 0.2) is 6.20 Å². The maximum atomic E-state index is 11.6. The van der Waals surface area contributed by atoms with Crippen molar-refractivity contribution >= 4 is 17.2 Å². The largest absolute Gasteiger partial charge is 0.389 e. The van der Waals surface area contributed by atoms with Gasteiger partial charge in [-0.1, -0.05) is 6.92 Å². The Hall–Kier alpha value is -0.980. The molecule has 90 valence electrons. The molecular weight excluding hydrogens is 228 g/mol. The number of thiazole rings is 1. The Labute approximate surface area is 98.5 Å². The predicted molar refractivity (Wildman–Crippen MR) is 61.7 cm³/mol. The van der Waals surface area contributed by atoms with Crippen LogP contribution in [0.25, 0.3) is 0 Å². The first-order chi connectivity index (χ1) is 7.67. The third-order valence-corrected chi connectivity index (χ3v) is 3.08. The first-order valence-electron chi connectivity index (χ1n) is 5.07. The molecule has 0 spiro atoms. The van der Waals surface area contributed by atoms with E-state index in [9.17, 15) is 9.90 Å². The molecule has 0 aromatic carbocycles. The number of aromatic nitrogens is 1. The molecule has 1 aromatic heterocycles. The Kier molecular flexibility index (Phi) is 5.37. The summed E-state index contributed by atoms with van der Waals surface area (Å²) < 4.78 is 4.75. The number of nitrogens with zero attached hydrogens (tertiary/aromatic N) is 1. The Morgan fingerprint density at radius 1 is 1.75 bits per heavy atom. The van der Waals surface area contributed by atoms with Gasteiger partial charge in [-0.15, -0.1) is 11.3 Å². The number of carbonyl (C=O) groups is 1. The SMILES string of the molecule is CCc1ncc(C(=O)NCC(O)COC)s1. The third kappa shape index (κ3) is 3.88. The maximum Gasteiger partial charge on any atom is 0.263 e. The number of rotatable bonds is 6. The summed E-state index contributed by atoms with van der Waals surface area (Å²) in [6.45, 7) is 2.39. The van der Waals surface area contributed by atoms with E-state index in [-0.39, 0.29) is 19.1 Å². The van der Waals surface area contributed by atoms with Gasteiger partial charge in [-0.25, -0.2) is 4.98 Å². The standard InChI is InChI=1S/C10H16N2O3S/c1-3-9-11-5-8(16-9)10(14)12-4-7(13)6-15-2/h5,7,13H,3-4,6H2,1-2H3,(H,12,14). The van der Waals surface area contributed by atoms with Gasteiger partial charge in [-0.3, -0.25) is 4.79 Å². The number of ether oxygens (including phenoxy) is 1. The van der Waals surface area contributed by atoms with Crippen LogP contribution < -0.4 is 5.32 Å². The van der Waals surface area contributed by atoms with Crippen molar-refractivity contribution in [1.82, 2.24) is 10.3 Å². The fourth-order valence-corrected chi connectivity index (χ4v) is 1.90. The number of hydrogen-bond acceptors (Lipinski definition) is 5. The first-order valence-corrected chi connectivity index (χ1v) is 5.89. The molecule has 0 radical (unpaired) electrons. The van der Waals surface area contributed by atoms with Gasteiger partial charge in [0.25, 0.3) is 5.91 Å². The summed E-state index contributed by atoms with van der Waals surface area (Å²) >= 11 is 1.37. The zero-order chi connectivity index (χ0) is 12.0. The second-order valence-electron chi connectivity index (χ2n) is 3.29. The fraction of sp³-hybridized carbons (Fsp3) is 0.600. The Bertz CT molecular complexity index is 341. The van der Waals surface area contributed by atoms with Crippen LogP contribution in [0, 0.1) is 0 Å².